The molecule has 152 valence electrons. The molecule has 2 heterocycles. The van der Waals surface area contributed by atoms with Crippen LogP contribution >= 0.6 is 11.3 Å². The number of sulfonamides is 1. The van der Waals surface area contributed by atoms with Crippen molar-refractivity contribution in [2.24, 2.45) is 0 Å². The van der Waals surface area contributed by atoms with Gasteiger partial charge >= 0.3 is 0 Å². The molecule has 11 heteroatoms. The van der Waals surface area contributed by atoms with Crippen LogP contribution in [0.3, 0.4) is 0 Å². The molecule has 2 aromatic rings. The molecular formula is C17H21N3O5S3. The Hall–Kier alpha value is -1.79. The lowest BCUT2D eigenvalue weighted by Gasteiger charge is -2.33. The van der Waals surface area contributed by atoms with Gasteiger partial charge in [0.2, 0.25) is 5.91 Å². The lowest BCUT2D eigenvalue weighted by molar-refractivity contribution is -0.117. The summed E-state index contributed by atoms with van der Waals surface area (Å²) < 4.78 is 50.0. The third-order valence-corrected chi connectivity index (χ3v) is 8.72. The molecule has 1 aliphatic heterocycles. The van der Waals surface area contributed by atoms with Crippen LogP contribution in [-0.2, 0) is 24.7 Å². The fourth-order valence-corrected chi connectivity index (χ4v) is 6.11. The van der Waals surface area contributed by atoms with Crippen LogP contribution in [0, 0.1) is 0 Å². The molecule has 1 aliphatic rings. The minimum absolute atomic E-state index is 0.107. The monoisotopic (exact) mass is 443 g/mol. The number of piperazine rings is 1. The zero-order chi connectivity index (χ0) is 20.4. The largest absolute Gasteiger partial charge is 0.325 e. The highest BCUT2D eigenvalue weighted by Crippen LogP contribution is 2.22. The Morgan fingerprint density at radius 3 is 2.39 bits per heavy atom. The van der Waals surface area contributed by atoms with Crippen LogP contribution in [-0.4, -0.2) is 70.9 Å². The van der Waals surface area contributed by atoms with Gasteiger partial charge in [0.05, 0.1) is 11.4 Å². The van der Waals surface area contributed by atoms with E-state index in [2.05, 4.69) is 5.32 Å². The first kappa shape index (κ1) is 20.9. The van der Waals surface area contributed by atoms with E-state index in [9.17, 15) is 21.6 Å². The van der Waals surface area contributed by atoms with Gasteiger partial charge in [0.25, 0.3) is 10.0 Å². The molecule has 1 amide bonds. The van der Waals surface area contributed by atoms with E-state index in [1.807, 2.05) is 4.90 Å². The fourth-order valence-electron chi connectivity index (χ4n) is 2.87. The molecule has 0 atom stereocenters. The number of thiophene rings is 1. The standard InChI is InChI=1S/C17H21N3O5S3/c1-27(22,23)15-5-2-4-14(12-15)18-16(21)13-19-7-9-20(10-8-19)28(24,25)17-6-3-11-26-17/h2-6,11-12H,7-10,13H2,1H3,(H,18,21). The second kappa shape index (κ2) is 8.29. The molecule has 0 spiro atoms. The Morgan fingerprint density at radius 1 is 1.07 bits per heavy atom. The van der Waals surface area contributed by atoms with Crippen LogP contribution < -0.4 is 5.32 Å². The van der Waals surface area contributed by atoms with E-state index in [1.165, 1.54) is 27.8 Å². The van der Waals surface area contributed by atoms with Crippen molar-refractivity contribution in [3.05, 3.63) is 41.8 Å². The molecule has 0 radical (unpaired) electrons. The predicted octanol–water partition coefficient (Wildman–Crippen LogP) is 1.10. The first-order valence-electron chi connectivity index (χ1n) is 8.52. The third-order valence-electron chi connectivity index (χ3n) is 4.33. The van der Waals surface area contributed by atoms with Crippen LogP contribution in [0.2, 0.25) is 0 Å². The number of sulfone groups is 1. The quantitative estimate of drug-likeness (QED) is 0.717. The second-order valence-corrected chi connectivity index (χ2v) is 11.6. The van der Waals surface area contributed by atoms with Crippen molar-refractivity contribution in [3.8, 4) is 0 Å². The van der Waals surface area contributed by atoms with E-state index in [0.29, 0.717) is 36.1 Å². The van der Waals surface area contributed by atoms with Crippen molar-refractivity contribution < 1.29 is 21.6 Å². The number of anilines is 1. The number of carbonyl (C=O) groups excluding carboxylic acids is 1. The third kappa shape index (κ3) is 4.97. The zero-order valence-electron chi connectivity index (χ0n) is 15.2. The number of hydrogen-bond acceptors (Lipinski definition) is 7. The molecule has 1 aromatic carbocycles. The maximum absolute atomic E-state index is 12.5. The van der Waals surface area contributed by atoms with Gasteiger partial charge in [0.1, 0.15) is 4.21 Å². The van der Waals surface area contributed by atoms with Crippen LogP contribution in [0.1, 0.15) is 0 Å². The normalized spacial score (nSPS) is 16.8. The van der Waals surface area contributed by atoms with E-state index in [-0.39, 0.29) is 17.3 Å². The molecular weight excluding hydrogens is 422 g/mol. The number of hydrogen-bond donors (Lipinski definition) is 1. The number of amides is 1. The van der Waals surface area contributed by atoms with Crippen LogP contribution in [0.15, 0.2) is 50.9 Å². The summed E-state index contributed by atoms with van der Waals surface area (Å²) in [5.74, 6) is -0.278. The molecule has 1 aromatic heterocycles. The lowest BCUT2D eigenvalue weighted by Crippen LogP contribution is -2.50. The highest BCUT2D eigenvalue weighted by Gasteiger charge is 2.29. The maximum Gasteiger partial charge on any atom is 0.252 e. The molecule has 0 unspecified atom stereocenters. The van der Waals surface area contributed by atoms with E-state index >= 15 is 0 Å². The Bertz CT molecular complexity index is 1040. The smallest absolute Gasteiger partial charge is 0.252 e. The average Bonchev–Trinajstić information content (AvgIpc) is 3.17. The van der Waals surface area contributed by atoms with Crippen LogP contribution in [0.25, 0.3) is 0 Å². The zero-order valence-corrected chi connectivity index (χ0v) is 17.7. The van der Waals surface area contributed by atoms with Gasteiger partial charge in [-0.1, -0.05) is 12.1 Å². The van der Waals surface area contributed by atoms with E-state index in [4.69, 9.17) is 0 Å². The minimum atomic E-state index is -3.47. The number of benzene rings is 1. The molecule has 1 saturated heterocycles. The Labute approximate surface area is 168 Å². The molecule has 28 heavy (non-hydrogen) atoms. The van der Waals surface area contributed by atoms with Gasteiger partial charge in [0, 0.05) is 38.1 Å². The number of rotatable bonds is 6. The van der Waals surface area contributed by atoms with Crippen molar-refractivity contribution in [3.63, 3.8) is 0 Å². The Balaban J connectivity index is 1.54. The van der Waals surface area contributed by atoms with E-state index < -0.39 is 19.9 Å². The SMILES string of the molecule is CS(=O)(=O)c1cccc(NC(=O)CN2CCN(S(=O)(=O)c3cccs3)CC2)c1. The summed E-state index contributed by atoms with van der Waals surface area (Å²) in [6.07, 6.45) is 1.11. The van der Waals surface area contributed by atoms with Crippen molar-refractivity contribution >= 4 is 42.8 Å². The summed E-state index contributed by atoms with van der Waals surface area (Å²) in [6, 6.07) is 9.37. The summed E-state index contributed by atoms with van der Waals surface area (Å²) in [5.41, 5.74) is 0.409. The minimum Gasteiger partial charge on any atom is -0.325 e. The first-order valence-corrected chi connectivity index (χ1v) is 12.7. The highest BCUT2D eigenvalue weighted by molar-refractivity contribution is 7.91. The maximum atomic E-state index is 12.5. The topological polar surface area (TPSA) is 104 Å². The first-order chi connectivity index (χ1) is 13.2. The summed E-state index contributed by atoms with van der Waals surface area (Å²) in [4.78, 5) is 14.3. The molecule has 0 saturated carbocycles. The summed E-state index contributed by atoms with van der Waals surface area (Å²) >= 11 is 1.19. The lowest BCUT2D eigenvalue weighted by atomic mass is 10.3. The highest BCUT2D eigenvalue weighted by atomic mass is 32.2. The van der Waals surface area contributed by atoms with Gasteiger partial charge < -0.3 is 5.32 Å². The Kier molecular flexibility index (Phi) is 6.20. The predicted molar refractivity (Wildman–Crippen MR) is 108 cm³/mol. The molecule has 3 rings (SSSR count). The second-order valence-electron chi connectivity index (χ2n) is 6.46. The van der Waals surface area contributed by atoms with Crippen LogP contribution in [0.5, 0.6) is 0 Å². The van der Waals surface area contributed by atoms with Crippen molar-refractivity contribution in [2.75, 3.05) is 44.3 Å². The van der Waals surface area contributed by atoms with Gasteiger partial charge in [-0.2, -0.15) is 4.31 Å². The van der Waals surface area contributed by atoms with Crippen molar-refractivity contribution in [2.45, 2.75) is 9.10 Å². The number of carbonyl (C=O) groups is 1. The van der Waals surface area contributed by atoms with Crippen molar-refractivity contribution in [1.29, 1.82) is 0 Å². The Morgan fingerprint density at radius 2 is 1.79 bits per heavy atom. The van der Waals surface area contributed by atoms with E-state index in [1.54, 1.807) is 29.6 Å². The molecule has 1 fully saturated rings. The molecule has 0 bridgehead atoms. The van der Waals surface area contributed by atoms with Gasteiger partial charge in [-0.15, -0.1) is 11.3 Å². The number of nitrogens with zero attached hydrogens (tertiary/aromatic N) is 2. The van der Waals surface area contributed by atoms with E-state index in [0.717, 1.165) is 6.26 Å². The van der Waals surface area contributed by atoms with Crippen LogP contribution in [0.4, 0.5) is 5.69 Å². The summed E-state index contributed by atoms with van der Waals surface area (Å²) in [5, 5.41) is 4.42. The van der Waals surface area contributed by atoms with Gasteiger partial charge in [-0.25, -0.2) is 16.8 Å². The van der Waals surface area contributed by atoms with Crippen molar-refractivity contribution in [1.82, 2.24) is 9.21 Å². The van der Waals surface area contributed by atoms with Gasteiger partial charge in [-0.3, -0.25) is 9.69 Å². The number of nitrogens with one attached hydrogen (secondary N) is 1. The summed E-state index contributed by atoms with van der Waals surface area (Å²) in [6.45, 7) is 1.63. The fraction of sp³-hybridized carbons (Fsp3) is 0.353. The molecule has 8 nitrogen and oxygen atoms in total. The molecule has 0 aliphatic carbocycles. The van der Waals surface area contributed by atoms with Gasteiger partial charge in [0.15, 0.2) is 9.84 Å². The van der Waals surface area contributed by atoms with Gasteiger partial charge in [-0.05, 0) is 29.6 Å². The average molecular weight is 444 g/mol. The summed E-state index contributed by atoms with van der Waals surface area (Å²) in [7, 11) is -6.82. The molecule has 1 N–H and O–H groups in total.